The van der Waals surface area contributed by atoms with Gasteiger partial charge in [0.2, 0.25) is 5.88 Å². The molecular formula is C23H26N4O6S. The second-order valence-corrected chi connectivity index (χ2v) is 10.1. The number of rotatable bonds is 8. The van der Waals surface area contributed by atoms with Crippen molar-refractivity contribution in [3.63, 3.8) is 0 Å². The fourth-order valence-electron chi connectivity index (χ4n) is 3.38. The van der Waals surface area contributed by atoms with Gasteiger partial charge in [0, 0.05) is 23.6 Å². The van der Waals surface area contributed by atoms with E-state index in [-0.39, 0.29) is 23.6 Å². The molecule has 1 aliphatic rings. The van der Waals surface area contributed by atoms with Gasteiger partial charge in [0.1, 0.15) is 17.6 Å². The van der Waals surface area contributed by atoms with Gasteiger partial charge in [-0.15, -0.1) is 0 Å². The van der Waals surface area contributed by atoms with Crippen molar-refractivity contribution in [3.8, 4) is 28.6 Å². The Balaban J connectivity index is 1.64. The van der Waals surface area contributed by atoms with Crippen molar-refractivity contribution in [2.75, 3.05) is 12.9 Å². The number of aliphatic hydroxyl groups is 2. The standard InChI is InChI=1S/C23H26N4O6S/c1-13(12-28)32-16-6-15(18-4-5-19(27-18)20-9-21(29)14(2)26-20)7-17(8-16)33-22-10-25-23(11-24-22)34(3,30)31/h4-11,13-14,21,26-29H,12H2,1-3H3/t13-,14-,21-/m0/s1. The zero-order valence-corrected chi connectivity index (χ0v) is 19.7. The number of H-pyrrole nitrogens is 1. The van der Waals surface area contributed by atoms with Gasteiger partial charge < -0.3 is 30.0 Å². The molecule has 2 aromatic heterocycles. The van der Waals surface area contributed by atoms with Gasteiger partial charge in [0.25, 0.3) is 0 Å². The van der Waals surface area contributed by atoms with Crippen LogP contribution in [0.5, 0.6) is 17.4 Å². The lowest BCUT2D eigenvalue weighted by Crippen LogP contribution is -2.27. The Bertz CT molecular complexity index is 1300. The minimum atomic E-state index is -3.47. The zero-order valence-electron chi connectivity index (χ0n) is 18.9. The van der Waals surface area contributed by atoms with Crippen LogP contribution in [0.25, 0.3) is 17.0 Å². The third kappa shape index (κ3) is 5.38. The molecule has 34 heavy (non-hydrogen) atoms. The first kappa shape index (κ1) is 23.7. The minimum absolute atomic E-state index is 0.0753. The summed E-state index contributed by atoms with van der Waals surface area (Å²) in [5.74, 6) is 0.965. The third-order valence-corrected chi connectivity index (χ3v) is 6.17. The average molecular weight is 487 g/mol. The molecule has 0 bridgehead atoms. The van der Waals surface area contributed by atoms with Gasteiger partial charge in [-0.25, -0.2) is 18.4 Å². The predicted octanol–water partition coefficient (Wildman–Crippen LogP) is 2.12. The highest BCUT2D eigenvalue weighted by molar-refractivity contribution is 7.90. The molecule has 11 heteroatoms. The van der Waals surface area contributed by atoms with Crippen molar-refractivity contribution in [1.82, 2.24) is 20.3 Å². The molecule has 3 aromatic rings. The number of nitrogens with zero attached hydrogens (tertiary/aromatic N) is 2. The van der Waals surface area contributed by atoms with E-state index in [9.17, 15) is 18.6 Å². The van der Waals surface area contributed by atoms with Crippen LogP contribution in [-0.4, -0.2) is 64.7 Å². The highest BCUT2D eigenvalue weighted by Crippen LogP contribution is 2.33. The Morgan fingerprint density at radius 1 is 1.12 bits per heavy atom. The maximum Gasteiger partial charge on any atom is 0.237 e. The van der Waals surface area contributed by atoms with Crippen LogP contribution < -0.4 is 14.8 Å². The number of aromatic nitrogens is 3. The summed E-state index contributed by atoms with van der Waals surface area (Å²) in [5.41, 5.74) is 3.15. The summed E-state index contributed by atoms with van der Waals surface area (Å²) in [7, 11) is -3.47. The van der Waals surface area contributed by atoms with Gasteiger partial charge in [-0.1, -0.05) is 0 Å². The SMILES string of the molecule is C[C@@H]1NC(c2ccc(-c3cc(Oc4cnc(S(C)(=O)=O)cn4)cc(O[C@@H](C)CO)c3)[nH]2)=C[C@@H]1O. The van der Waals surface area contributed by atoms with E-state index in [4.69, 9.17) is 9.47 Å². The highest BCUT2D eigenvalue weighted by atomic mass is 32.2. The number of benzene rings is 1. The largest absolute Gasteiger partial charge is 0.488 e. The molecule has 0 amide bonds. The molecule has 3 atom stereocenters. The Labute approximate surface area is 197 Å². The number of hydrogen-bond acceptors (Lipinski definition) is 9. The maximum atomic E-state index is 11.6. The van der Waals surface area contributed by atoms with Gasteiger partial charge >= 0.3 is 0 Å². The number of hydrogen-bond donors (Lipinski definition) is 4. The van der Waals surface area contributed by atoms with E-state index in [0.29, 0.717) is 11.5 Å². The first-order valence-electron chi connectivity index (χ1n) is 10.6. The van der Waals surface area contributed by atoms with E-state index < -0.39 is 22.0 Å². The fraction of sp³-hybridized carbons (Fsp3) is 0.304. The highest BCUT2D eigenvalue weighted by Gasteiger charge is 2.22. The average Bonchev–Trinajstić information content (AvgIpc) is 3.40. The molecule has 4 rings (SSSR count). The summed E-state index contributed by atoms with van der Waals surface area (Å²) in [6.45, 7) is 3.47. The van der Waals surface area contributed by atoms with E-state index in [1.165, 1.54) is 6.20 Å². The minimum Gasteiger partial charge on any atom is -0.488 e. The molecule has 0 saturated carbocycles. The van der Waals surface area contributed by atoms with Crippen molar-refractivity contribution in [3.05, 3.63) is 54.5 Å². The van der Waals surface area contributed by atoms with Gasteiger partial charge in [-0.2, -0.15) is 0 Å². The van der Waals surface area contributed by atoms with E-state index in [0.717, 1.165) is 35.1 Å². The van der Waals surface area contributed by atoms with E-state index >= 15 is 0 Å². The van der Waals surface area contributed by atoms with Crippen LogP contribution in [-0.2, 0) is 9.84 Å². The van der Waals surface area contributed by atoms with Crippen molar-refractivity contribution in [2.24, 2.45) is 0 Å². The second-order valence-electron chi connectivity index (χ2n) is 8.16. The lowest BCUT2D eigenvalue weighted by molar-refractivity contribution is 0.129. The summed E-state index contributed by atoms with van der Waals surface area (Å²) in [5, 5.41) is 22.5. The molecule has 1 aliphatic heterocycles. The molecule has 3 heterocycles. The van der Waals surface area contributed by atoms with Crippen molar-refractivity contribution in [1.29, 1.82) is 0 Å². The number of sulfone groups is 1. The van der Waals surface area contributed by atoms with Crippen molar-refractivity contribution in [2.45, 2.75) is 37.1 Å². The monoisotopic (exact) mass is 486 g/mol. The quantitative estimate of drug-likeness (QED) is 0.376. The van der Waals surface area contributed by atoms with Crippen LogP contribution in [0.3, 0.4) is 0 Å². The van der Waals surface area contributed by atoms with Gasteiger partial charge in [-0.05, 0) is 44.2 Å². The molecule has 0 radical (unpaired) electrons. The van der Waals surface area contributed by atoms with Crippen LogP contribution in [0.1, 0.15) is 19.5 Å². The first-order valence-corrected chi connectivity index (χ1v) is 12.5. The molecule has 0 saturated heterocycles. The molecular weight excluding hydrogens is 460 g/mol. The molecule has 0 fully saturated rings. The Morgan fingerprint density at radius 3 is 2.47 bits per heavy atom. The van der Waals surface area contributed by atoms with E-state index in [2.05, 4.69) is 20.3 Å². The Kier molecular flexibility index (Phi) is 6.60. The Morgan fingerprint density at radius 2 is 1.85 bits per heavy atom. The van der Waals surface area contributed by atoms with Crippen LogP contribution in [0, 0.1) is 0 Å². The normalized spacial score (nSPS) is 18.8. The predicted molar refractivity (Wildman–Crippen MR) is 125 cm³/mol. The Hall–Kier alpha value is -3.41. The number of nitrogens with one attached hydrogen (secondary N) is 2. The molecule has 10 nitrogen and oxygen atoms in total. The molecule has 0 aliphatic carbocycles. The lowest BCUT2D eigenvalue weighted by Gasteiger charge is -2.15. The second kappa shape index (κ2) is 9.45. The summed E-state index contributed by atoms with van der Waals surface area (Å²) < 4.78 is 34.8. The fourth-order valence-corrected chi connectivity index (χ4v) is 3.86. The van der Waals surface area contributed by atoms with Crippen LogP contribution in [0.2, 0.25) is 0 Å². The number of aromatic amines is 1. The van der Waals surface area contributed by atoms with Crippen molar-refractivity contribution < 1.29 is 28.1 Å². The first-order chi connectivity index (χ1) is 16.1. The summed E-state index contributed by atoms with van der Waals surface area (Å²) in [4.78, 5) is 11.2. The number of ether oxygens (including phenoxy) is 2. The zero-order chi connectivity index (χ0) is 24.5. The van der Waals surface area contributed by atoms with Crippen molar-refractivity contribution >= 4 is 15.5 Å². The summed E-state index contributed by atoms with van der Waals surface area (Å²) >= 11 is 0. The molecule has 180 valence electrons. The van der Waals surface area contributed by atoms with Crippen LogP contribution in [0.15, 0.2) is 53.8 Å². The van der Waals surface area contributed by atoms with E-state index in [1.54, 1.807) is 31.2 Å². The summed E-state index contributed by atoms with van der Waals surface area (Å²) in [6.07, 6.45) is 4.18. The molecule has 1 aromatic carbocycles. The van der Waals surface area contributed by atoms with Gasteiger partial charge in [0.15, 0.2) is 14.9 Å². The molecule has 4 N–H and O–H groups in total. The van der Waals surface area contributed by atoms with Gasteiger partial charge in [-0.3, -0.25) is 0 Å². The summed E-state index contributed by atoms with van der Waals surface area (Å²) in [6, 6.07) is 8.94. The maximum absolute atomic E-state index is 11.6. The molecule has 0 spiro atoms. The van der Waals surface area contributed by atoms with E-state index in [1.807, 2.05) is 19.1 Å². The molecule has 0 unspecified atom stereocenters. The van der Waals surface area contributed by atoms with Crippen LogP contribution in [0.4, 0.5) is 0 Å². The lowest BCUT2D eigenvalue weighted by atomic mass is 10.1. The van der Waals surface area contributed by atoms with Crippen LogP contribution >= 0.6 is 0 Å². The topological polar surface area (TPSA) is 147 Å². The smallest absolute Gasteiger partial charge is 0.237 e. The third-order valence-electron chi connectivity index (χ3n) is 5.20. The van der Waals surface area contributed by atoms with Gasteiger partial charge in [0.05, 0.1) is 42.5 Å². The number of aliphatic hydroxyl groups excluding tert-OH is 2.